The first-order valence-electron chi connectivity index (χ1n) is 10.7. The third kappa shape index (κ3) is 3.81. The van der Waals surface area contributed by atoms with Crippen LogP contribution in [0.3, 0.4) is 0 Å². The predicted octanol–water partition coefficient (Wildman–Crippen LogP) is 0.514. The number of rotatable bonds is 5. The lowest BCUT2D eigenvalue weighted by atomic mass is 9.83. The van der Waals surface area contributed by atoms with Gasteiger partial charge >= 0.3 is 0 Å². The van der Waals surface area contributed by atoms with E-state index in [-0.39, 0.29) is 30.3 Å². The number of aromatic nitrogens is 3. The molecule has 9 nitrogen and oxygen atoms in total. The summed E-state index contributed by atoms with van der Waals surface area (Å²) in [4.78, 5) is 41.6. The Morgan fingerprint density at radius 2 is 1.73 bits per heavy atom. The molecule has 0 atom stereocenters. The summed E-state index contributed by atoms with van der Waals surface area (Å²) in [6, 6.07) is 7.03. The number of carbonyl (C=O) groups is 2. The zero-order chi connectivity index (χ0) is 21.1. The summed E-state index contributed by atoms with van der Waals surface area (Å²) in [6.07, 6.45) is 4.64. The maximum Gasteiger partial charge on any atom is 0.277 e. The maximum atomic E-state index is 12.7. The van der Waals surface area contributed by atoms with Crippen molar-refractivity contribution in [1.29, 1.82) is 0 Å². The lowest BCUT2D eigenvalue weighted by Crippen LogP contribution is -2.63. The third-order valence-electron chi connectivity index (χ3n) is 6.53. The van der Waals surface area contributed by atoms with Gasteiger partial charge < -0.3 is 10.6 Å². The van der Waals surface area contributed by atoms with Gasteiger partial charge in [-0.2, -0.15) is 0 Å². The number of piperidine rings is 2. The summed E-state index contributed by atoms with van der Waals surface area (Å²) in [6.45, 7) is 2.95. The Balaban J connectivity index is 1.38. The van der Waals surface area contributed by atoms with Crippen LogP contribution in [0, 0.1) is 0 Å². The highest BCUT2D eigenvalue weighted by atomic mass is 16.2. The summed E-state index contributed by atoms with van der Waals surface area (Å²) in [5, 5.41) is 8.49. The number of aryl methyl sites for hydroxylation is 1. The highest BCUT2D eigenvalue weighted by Crippen LogP contribution is 2.31. The van der Waals surface area contributed by atoms with E-state index in [2.05, 4.69) is 15.2 Å². The van der Waals surface area contributed by atoms with Gasteiger partial charge in [-0.05, 0) is 50.9 Å². The largest absolute Gasteiger partial charge is 0.368 e. The number of fused-ring (bicyclic) bond motifs is 1. The van der Waals surface area contributed by atoms with Crippen LogP contribution in [-0.2, 0) is 16.1 Å². The number of nitrogens with two attached hydrogens (primary N) is 1. The second kappa shape index (κ2) is 8.51. The van der Waals surface area contributed by atoms with Crippen LogP contribution in [-0.4, -0.2) is 68.3 Å². The summed E-state index contributed by atoms with van der Waals surface area (Å²) in [7, 11) is 0. The minimum atomic E-state index is -0.641. The normalized spacial score (nSPS) is 19.7. The molecular formula is C21H28N6O3. The lowest BCUT2D eigenvalue weighted by Gasteiger charge is -2.48. The number of benzene rings is 1. The van der Waals surface area contributed by atoms with Gasteiger partial charge in [0.1, 0.15) is 11.1 Å². The molecule has 1 aromatic heterocycles. The fourth-order valence-electron chi connectivity index (χ4n) is 4.70. The molecule has 2 N–H and O–H groups in total. The van der Waals surface area contributed by atoms with E-state index in [1.165, 1.54) is 11.1 Å². The number of likely N-dealkylation sites (tertiary alicyclic amines) is 2. The molecule has 2 saturated heterocycles. The molecule has 2 amide bonds. The van der Waals surface area contributed by atoms with Crippen molar-refractivity contribution in [1.82, 2.24) is 24.8 Å². The van der Waals surface area contributed by atoms with E-state index in [0.29, 0.717) is 36.8 Å². The number of carbonyl (C=O) groups excluding carboxylic acids is 2. The van der Waals surface area contributed by atoms with E-state index in [1.54, 1.807) is 29.2 Å². The topological polar surface area (TPSA) is 114 Å². The molecular weight excluding hydrogens is 384 g/mol. The number of amides is 2. The number of hydrogen-bond acceptors (Lipinski definition) is 6. The van der Waals surface area contributed by atoms with Gasteiger partial charge in [0, 0.05) is 19.5 Å². The van der Waals surface area contributed by atoms with E-state index >= 15 is 0 Å². The highest BCUT2D eigenvalue weighted by molar-refractivity contribution is 5.85. The molecule has 3 heterocycles. The first-order valence-corrected chi connectivity index (χ1v) is 10.7. The van der Waals surface area contributed by atoms with Crippen LogP contribution in [0.4, 0.5) is 0 Å². The van der Waals surface area contributed by atoms with Gasteiger partial charge in [0.15, 0.2) is 0 Å². The van der Waals surface area contributed by atoms with Crippen LogP contribution < -0.4 is 11.3 Å². The second-order valence-electron chi connectivity index (χ2n) is 8.21. The number of nitrogens with zero attached hydrogens (tertiary/aromatic N) is 5. The minimum Gasteiger partial charge on any atom is -0.368 e. The minimum absolute atomic E-state index is 0.0476. The van der Waals surface area contributed by atoms with Crippen LogP contribution in [0.15, 0.2) is 29.1 Å². The smallest absolute Gasteiger partial charge is 0.277 e. The Kier molecular flexibility index (Phi) is 5.80. The Morgan fingerprint density at radius 3 is 2.43 bits per heavy atom. The van der Waals surface area contributed by atoms with Crippen molar-refractivity contribution in [2.45, 2.75) is 50.6 Å². The Labute approximate surface area is 174 Å². The Bertz CT molecular complexity index is 990. The van der Waals surface area contributed by atoms with Crippen molar-refractivity contribution in [3.05, 3.63) is 34.6 Å². The van der Waals surface area contributed by atoms with Crippen LogP contribution >= 0.6 is 0 Å². The number of hydrogen-bond donors (Lipinski definition) is 1. The van der Waals surface area contributed by atoms with Crippen molar-refractivity contribution in [3.8, 4) is 0 Å². The van der Waals surface area contributed by atoms with Crippen molar-refractivity contribution in [3.63, 3.8) is 0 Å². The molecule has 30 heavy (non-hydrogen) atoms. The average molecular weight is 412 g/mol. The quantitative estimate of drug-likeness (QED) is 0.765. The first kappa shape index (κ1) is 20.5. The molecule has 0 radical (unpaired) electrons. The Morgan fingerprint density at radius 1 is 1.03 bits per heavy atom. The molecule has 0 saturated carbocycles. The van der Waals surface area contributed by atoms with Crippen LogP contribution in [0.2, 0.25) is 0 Å². The van der Waals surface area contributed by atoms with Crippen LogP contribution in [0.25, 0.3) is 10.9 Å². The molecule has 2 aromatic rings. The van der Waals surface area contributed by atoms with Crippen molar-refractivity contribution in [2.75, 3.05) is 26.2 Å². The van der Waals surface area contributed by atoms with Gasteiger partial charge in [0.05, 0.1) is 11.9 Å². The van der Waals surface area contributed by atoms with E-state index in [0.717, 1.165) is 25.9 Å². The summed E-state index contributed by atoms with van der Waals surface area (Å²) >= 11 is 0. The van der Waals surface area contributed by atoms with Gasteiger partial charge in [0.25, 0.3) is 5.56 Å². The van der Waals surface area contributed by atoms with Crippen molar-refractivity contribution in [2.24, 2.45) is 5.73 Å². The molecule has 0 spiro atoms. The molecule has 160 valence electrons. The summed E-state index contributed by atoms with van der Waals surface area (Å²) in [5.74, 6) is -0.330. The van der Waals surface area contributed by atoms with E-state index < -0.39 is 5.54 Å². The zero-order valence-electron chi connectivity index (χ0n) is 17.1. The highest BCUT2D eigenvalue weighted by Gasteiger charge is 2.45. The van der Waals surface area contributed by atoms with Crippen molar-refractivity contribution >= 4 is 22.7 Å². The molecule has 0 bridgehead atoms. The lowest BCUT2D eigenvalue weighted by molar-refractivity contribution is -0.142. The van der Waals surface area contributed by atoms with E-state index in [4.69, 9.17) is 5.73 Å². The van der Waals surface area contributed by atoms with E-state index in [9.17, 15) is 14.4 Å². The van der Waals surface area contributed by atoms with Crippen LogP contribution in [0.5, 0.6) is 0 Å². The molecule has 2 aliphatic heterocycles. The van der Waals surface area contributed by atoms with E-state index in [1.807, 2.05) is 0 Å². The average Bonchev–Trinajstić information content (AvgIpc) is 2.79. The zero-order valence-corrected chi connectivity index (χ0v) is 17.1. The maximum absolute atomic E-state index is 12.7. The van der Waals surface area contributed by atoms with Gasteiger partial charge in [-0.15, -0.1) is 5.10 Å². The SMILES string of the molecule is NC(=O)C1(N2CCCCC2)CCN(C(=O)CCn2nnc3ccccc3c2=O)CC1. The van der Waals surface area contributed by atoms with Gasteiger partial charge in [-0.1, -0.05) is 23.8 Å². The van der Waals surface area contributed by atoms with Gasteiger partial charge in [0.2, 0.25) is 11.8 Å². The second-order valence-corrected chi connectivity index (χ2v) is 8.21. The molecule has 9 heteroatoms. The summed E-state index contributed by atoms with van der Waals surface area (Å²) in [5.41, 5.74) is 5.47. The molecule has 4 rings (SSSR count). The fraction of sp³-hybridized carbons (Fsp3) is 0.571. The summed E-state index contributed by atoms with van der Waals surface area (Å²) < 4.78 is 1.24. The van der Waals surface area contributed by atoms with Crippen LogP contribution in [0.1, 0.15) is 38.5 Å². The molecule has 2 aliphatic rings. The molecule has 0 unspecified atom stereocenters. The molecule has 0 aliphatic carbocycles. The molecule has 1 aromatic carbocycles. The standard InChI is InChI=1S/C21H28N6O3/c22-20(30)21(26-11-4-1-5-12-26)9-14-25(15-10-21)18(28)8-13-27-19(29)16-6-2-3-7-17(16)23-24-27/h2-3,6-7H,1,4-5,8-15H2,(H2,22,30). The first-order chi connectivity index (χ1) is 14.5. The fourth-order valence-corrected chi connectivity index (χ4v) is 4.70. The predicted molar refractivity (Wildman–Crippen MR) is 112 cm³/mol. The molecule has 2 fully saturated rings. The van der Waals surface area contributed by atoms with Gasteiger partial charge in [-0.3, -0.25) is 19.3 Å². The number of primary amides is 1. The van der Waals surface area contributed by atoms with Gasteiger partial charge in [-0.25, -0.2) is 4.68 Å². The van der Waals surface area contributed by atoms with Crippen molar-refractivity contribution < 1.29 is 9.59 Å². The monoisotopic (exact) mass is 412 g/mol. The Hall–Kier alpha value is -2.81. The third-order valence-corrected chi connectivity index (χ3v) is 6.53.